The van der Waals surface area contributed by atoms with E-state index in [9.17, 15) is 4.79 Å². The summed E-state index contributed by atoms with van der Waals surface area (Å²) in [6.45, 7) is 5.80. The van der Waals surface area contributed by atoms with Crippen LogP contribution in [-0.4, -0.2) is 25.0 Å². The van der Waals surface area contributed by atoms with E-state index < -0.39 is 0 Å². The van der Waals surface area contributed by atoms with Crippen molar-refractivity contribution >= 4 is 5.91 Å². The van der Waals surface area contributed by atoms with Crippen LogP contribution in [0.1, 0.15) is 26.7 Å². The van der Waals surface area contributed by atoms with Crippen LogP contribution < -0.4 is 10.6 Å². The molecular formula is C11H18N2O. The van der Waals surface area contributed by atoms with Gasteiger partial charge in [-0.15, -0.1) is 0 Å². The summed E-state index contributed by atoms with van der Waals surface area (Å²) in [5.41, 5.74) is 2.17. The largest absolute Gasteiger partial charge is 0.350 e. The number of amides is 1. The van der Waals surface area contributed by atoms with Gasteiger partial charge >= 0.3 is 0 Å². The number of hydrogen-bond donors (Lipinski definition) is 2. The Bertz CT molecular complexity index is 273. The number of carbonyl (C=O) groups is 1. The highest BCUT2D eigenvalue weighted by molar-refractivity contribution is 5.94. The van der Waals surface area contributed by atoms with Crippen LogP contribution in [0.2, 0.25) is 0 Å². The van der Waals surface area contributed by atoms with Crippen molar-refractivity contribution in [3.05, 3.63) is 11.1 Å². The van der Waals surface area contributed by atoms with Gasteiger partial charge in [-0.05, 0) is 38.2 Å². The van der Waals surface area contributed by atoms with Crippen molar-refractivity contribution in [2.75, 3.05) is 13.1 Å². The molecule has 1 aliphatic carbocycles. The minimum atomic E-state index is 0.126. The van der Waals surface area contributed by atoms with Crippen molar-refractivity contribution in [3.8, 4) is 0 Å². The third-order valence-electron chi connectivity index (χ3n) is 3.24. The van der Waals surface area contributed by atoms with Gasteiger partial charge in [-0.2, -0.15) is 0 Å². The van der Waals surface area contributed by atoms with Gasteiger partial charge in [0.2, 0.25) is 5.91 Å². The van der Waals surface area contributed by atoms with E-state index in [1.54, 1.807) is 0 Å². The highest BCUT2D eigenvalue weighted by Gasteiger charge is 2.29. The molecule has 1 saturated heterocycles. The fourth-order valence-corrected chi connectivity index (χ4v) is 1.70. The normalized spacial score (nSPS) is 22.6. The summed E-state index contributed by atoms with van der Waals surface area (Å²) in [5.74, 6) is 0.858. The summed E-state index contributed by atoms with van der Waals surface area (Å²) >= 11 is 0. The second kappa shape index (κ2) is 3.73. The van der Waals surface area contributed by atoms with E-state index >= 15 is 0 Å². The van der Waals surface area contributed by atoms with E-state index in [4.69, 9.17) is 0 Å². The molecule has 0 aromatic heterocycles. The molecule has 2 fully saturated rings. The van der Waals surface area contributed by atoms with E-state index in [-0.39, 0.29) is 5.91 Å². The minimum Gasteiger partial charge on any atom is -0.350 e. The quantitative estimate of drug-likeness (QED) is 0.653. The molecule has 2 N–H and O–H groups in total. The second-order valence-corrected chi connectivity index (χ2v) is 4.43. The first-order valence-corrected chi connectivity index (χ1v) is 5.38. The summed E-state index contributed by atoms with van der Waals surface area (Å²) in [6, 6.07) is 0.353. The molecule has 0 aromatic carbocycles. The molecule has 0 radical (unpaired) electrons. The van der Waals surface area contributed by atoms with Crippen molar-refractivity contribution < 1.29 is 4.79 Å². The van der Waals surface area contributed by atoms with E-state index in [2.05, 4.69) is 17.6 Å². The van der Waals surface area contributed by atoms with E-state index in [1.165, 1.54) is 18.4 Å². The van der Waals surface area contributed by atoms with Gasteiger partial charge in [0.25, 0.3) is 0 Å². The van der Waals surface area contributed by atoms with Gasteiger partial charge in [-0.25, -0.2) is 0 Å². The maximum absolute atomic E-state index is 11.7. The van der Waals surface area contributed by atoms with Gasteiger partial charge < -0.3 is 10.6 Å². The molecule has 1 atom stereocenters. The predicted molar refractivity (Wildman–Crippen MR) is 55.9 cm³/mol. The second-order valence-electron chi connectivity index (χ2n) is 4.43. The minimum absolute atomic E-state index is 0.126. The first-order chi connectivity index (χ1) is 6.68. The van der Waals surface area contributed by atoms with Crippen molar-refractivity contribution in [1.29, 1.82) is 0 Å². The first-order valence-electron chi connectivity index (χ1n) is 5.38. The highest BCUT2D eigenvalue weighted by Crippen LogP contribution is 2.32. The summed E-state index contributed by atoms with van der Waals surface area (Å²) < 4.78 is 0. The lowest BCUT2D eigenvalue weighted by atomic mass is 10.0. The van der Waals surface area contributed by atoms with Crippen LogP contribution in [0, 0.1) is 5.92 Å². The van der Waals surface area contributed by atoms with Gasteiger partial charge in [0.05, 0.1) is 0 Å². The molecule has 14 heavy (non-hydrogen) atoms. The van der Waals surface area contributed by atoms with Crippen LogP contribution in [0.15, 0.2) is 11.1 Å². The SMILES string of the molecule is CC(C(=O)NC(C)C1CC1)=C1CNC1. The molecule has 0 spiro atoms. The zero-order chi connectivity index (χ0) is 10.1. The highest BCUT2D eigenvalue weighted by atomic mass is 16.1. The van der Waals surface area contributed by atoms with E-state index in [1.807, 2.05) is 6.92 Å². The Morgan fingerprint density at radius 2 is 2.14 bits per heavy atom. The summed E-state index contributed by atoms with van der Waals surface area (Å²) in [4.78, 5) is 11.7. The van der Waals surface area contributed by atoms with Crippen molar-refractivity contribution in [2.45, 2.75) is 32.7 Å². The van der Waals surface area contributed by atoms with E-state index in [0.717, 1.165) is 24.6 Å². The Morgan fingerprint density at radius 1 is 1.50 bits per heavy atom. The molecule has 1 unspecified atom stereocenters. The summed E-state index contributed by atoms with van der Waals surface area (Å²) in [7, 11) is 0. The average molecular weight is 194 g/mol. The smallest absolute Gasteiger partial charge is 0.247 e. The van der Waals surface area contributed by atoms with Gasteiger partial charge in [0, 0.05) is 24.7 Å². The predicted octanol–water partition coefficient (Wildman–Crippen LogP) is 0.821. The number of nitrogens with one attached hydrogen (secondary N) is 2. The lowest BCUT2D eigenvalue weighted by molar-refractivity contribution is -0.118. The summed E-state index contributed by atoms with van der Waals surface area (Å²) in [6.07, 6.45) is 2.55. The van der Waals surface area contributed by atoms with Crippen molar-refractivity contribution in [3.63, 3.8) is 0 Å². The molecule has 1 saturated carbocycles. The Kier molecular flexibility index (Phi) is 2.59. The maximum atomic E-state index is 11.7. The maximum Gasteiger partial charge on any atom is 0.247 e. The topological polar surface area (TPSA) is 41.1 Å². The molecule has 2 aliphatic rings. The monoisotopic (exact) mass is 194 g/mol. The fraction of sp³-hybridized carbons (Fsp3) is 0.727. The van der Waals surface area contributed by atoms with Gasteiger partial charge in [-0.1, -0.05) is 0 Å². The lowest BCUT2D eigenvalue weighted by Gasteiger charge is -2.22. The number of hydrogen-bond acceptors (Lipinski definition) is 2. The van der Waals surface area contributed by atoms with Crippen LogP contribution in [-0.2, 0) is 4.79 Å². The standard InChI is InChI=1S/C11H18N2O/c1-7(10-5-12-6-10)11(14)13-8(2)9-3-4-9/h8-9,12H,3-6H2,1-2H3,(H,13,14). The molecule has 3 nitrogen and oxygen atoms in total. The molecular weight excluding hydrogens is 176 g/mol. The van der Waals surface area contributed by atoms with Crippen molar-refractivity contribution in [2.24, 2.45) is 5.92 Å². The molecule has 1 aliphatic heterocycles. The third kappa shape index (κ3) is 1.98. The third-order valence-corrected chi connectivity index (χ3v) is 3.24. The number of carbonyl (C=O) groups excluding carboxylic acids is 1. The molecule has 0 bridgehead atoms. The molecule has 1 heterocycles. The van der Waals surface area contributed by atoms with Gasteiger partial charge in [-0.3, -0.25) is 4.79 Å². The zero-order valence-electron chi connectivity index (χ0n) is 8.89. The fourth-order valence-electron chi connectivity index (χ4n) is 1.70. The Hall–Kier alpha value is -0.830. The van der Waals surface area contributed by atoms with Crippen LogP contribution in [0.3, 0.4) is 0 Å². The van der Waals surface area contributed by atoms with Crippen LogP contribution in [0.5, 0.6) is 0 Å². The molecule has 3 heteroatoms. The first kappa shape index (κ1) is 9.71. The van der Waals surface area contributed by atoms with Gasteiger partial charge in [0.1, 0.15) is 0 Å². The summed E-state index contributed by atoms with van der Waals surface area (Å²) in [5, 5.41) is 6.21. The average Bonchev–Trinajstić information content (AvgIpc) is 2.82. The van der Waals surface area contributed by atoms with Gasteiger partial charge in [0.15, 0.2) is 0 Å². The Morgan fingerprint density at radius 3 is 2.57 bits per heavy atom. The Labute approximate surface area is 84.9 Å². The molecule has 0 aromatic rings. The number of rotatable bonds is 3. The molecule has 1 amide bonds. The Balaban J connectivity index is 1.87. The van der Waals surface area contributed by atoms with E-state index in [0.29, 0.717) is 6.04 Å². The molecule has 2 rings (SSSR count). The van der Waals surface area contributed by atoms with Crippen LogP contribution in [0.4, 0.5) is 0 Å². The molecule has 78 valence electrons. The van der Waals surface area contributed by atoms with Crippen molar-refractivity contribution in [1.82, 2.24) is 10.6 Å². The lowest BCUT2D eigenvalue weighted by Crippen LogP contribution is -2.40. The van der Waals surface area contributed by atoms with Crippen LogP contribution >= 0.6 is 0 Å². The zero-order valence-corrected chi connectivity index (χ0v) is 8.89. The van der Waals surface area contributed by atoms with Crippen LogP contribution in [0.25, 0.3) is 0 Å².